The Bertz CT molecular complexity index is 886. The van der Waals surface area contributed by atoms with Crippen molar-refractivity contribution < 1.29 is 22.7 Å². The van der Waals surface area contributed by atoms with E-state index in [9.17, 15) is 18.0 Å². The molecule has 1 fully saturated rings. The summed E-state index contributed by atoms with van der Waals surface area (Å²) in [4.78, 5) is 15.8. The van der Waals surface area contributed by atoms with Crippen molar-refractivity contribution >= 4 is 30.1 Å². The lowest BCUT2D eigenvalue weighted by molar-refractivity contribution is -0.137. The fraction of sp³-hybridized carbons (Fsp3) is 0.409. The van der Waals surface area contributed by atoms with Crippen LogP contribution in [0.15, 0.2) is 47.4 Å². The van der Waals surface area contributed by atoms with E-state index in [1.165, 1.54) is 7.11 Å². The summed E-state index contributed by atoms with van der Waals surface area (Å²) >= 11 is 1.09. The standard InChI is InChI=1S/C22H25F3N2O2S.ClH/c1-27-11-7-10-21(14-27,15-8-5-4-6-9-15)26-20(28)19-17(29-2)12-16(22(23,24)25)13-18(19)30-3;/h4-6,8-9,12-13H,7,10-11,14H2,1-3H3,(H,26,28);1H/t21-;/m0./s1. The van der Waals surface area contributed by atoms with Gasteiger partial charge in [-0.1, -0.05) is 30.3 Å². The molecule has 0 saturated carbocycles. The molecule has 0 spiro atoms. The van der Waals surface area contributed by atoms with Gasteiger partial charge >= 0.3 is 6.18 Å². The Balaban J connectivity index is 0.00000341. The minimum atomic E-state index is -4.52. The molecule has 0 bridgehead atoms. The van der Waals surface area contributed by atoms with E-state index in [0.29, 0.717) is 6.54 Å². The molecule has 4 nitrogen and oxygen atoms in total. The van der Waals surface area contributed by atoms with Crippen LogP contribution in [0.3, 0.4) is 0 Å². The number of likely N-dealkylation sites (N-methyl/N-ethyl adjacent to an activating group) is 1. The predicted octanol–water partition coefficient (Wildman–Crippen LogP) is 5.21. The lowest BCUT2D eigenvalue weighted by atomic mass is 9.82. The van der Waals surface area contributed by atoms with Crippen molar-refractivity contribution in [3.05, 3.63) is 59.2 Å². The number of thioether (sulfide) groups is 1. The normalized spacial score (nSPS) is 19.4. The predicted molar refractivity (Wildman–Crippen MR) is 119 cm³/mol. The second-order valence-corrected chi connectivity index (χ2v) is 8.35. The van der Waals surface area contributed by atoms with Crippen LogP contribution in [-0.2, 0) is 11.7 Å². The molecule has 170 valence electrons. The summed E-state index contributed by atoms with van der Waals surface area (Å²) in [7, 11) is 3.27. The topological polar surface area (TPSA) is 41.6 Å². The summed E-state index contributed by atoms with van der Waals surface area (Å²) in [6.07, 6.45) is -1.24. The number of carbonyl (C=O) groups excluding carboxylic acids is 1. The molecular weight excluding hydrogens is 449 g/mol. The van der Waals surface area contributed by atoms with E-state index in [4.69, 9.17) is 4.74 Å². The van der Waals surface area contributed by atoms with E-state index in [1.54, 1.807) is 6.26 Å². The van der Waals surface area contributed by atoms with Gasteiger partial charge in [0.1, 0.15) is 5.75 Å². The molecule has 0 aliphatic carbocycles. The number of halogens is 4. The smallest absolute Gasteiger partial charge is 0.416 e. The number of nitrogens with one attached hydrogen (secondary N) is 1. The Morgan fingerprint density at radius 3 is 2.45 bits per heavy atom. The number of rotatable bonds is 5. The van der Waals surface area contributed by atoms with Crippen LogP contribution in [-0.4, -0.2) is 44.3 Å². The molecule has 1 atom stereocenters. The number of methoxy groups -OCH3 is 1. The summed E-state index contributed by atoms with van der Waals surface area (Å²) < 4.78 is 45.1. The van der Waals surface area contributed by atoms with E-state index >= 15 is 0 Å². The first-order valence-corrected chi connectivity index (χ1v) is 10.8. The van der Waals surface area contributed by atoms with Crippen LogP contribution in [0, 0.1) is 0 Å². The van der Waals surface area contributed by atoms with E-state index in [-0.39, 0.29) is 28.6 Å². The summed E-state index contributed by atoms with van der Waals surface area (Å²) in [6, 6.07) is 11.6. The van der Waals surface area contributed by atoms with Crippen LogP contribution in [0.5, 0.6) is 5.75 Å². The van der Waals surface area contributed by atoms with Crippen molar-refractivity contribution in [1.29, 1.82) is 0 Å². The van der Waals surface area contributed by atoms with Gasteiger partial charge in [-0.15, -0.1) is 24.2 Å². The van der Waals surface area contributed by atoms with Crippen molar-refractivity contribution in [3.8, 4) is 5.75 Å². The van der Waals surface area contributed by atoms with Crippen molar-refractivity contribution in [3.63, 3.8) is 0 Å². The number of ether oxygens (including phenoxy) is 1. The van der Waals surface area contributed by atoms with Gasteiger partial charge in [0.15, 0.2) is 0 Å². The molecule has 1 N–H and O–H groups in total. The fourth-order valence-electron chi connectivity index (χ4n) is 4.02. The van der Waals surface area contributed by atoms with Crippen molar-refractivity contribution in [2.24, 2.45) is 0 Å². The van der Waals surface area contributed by atoms with Crippen LogP contribution < -0.4 is 10.1 Å². The molecule has 0 unspecified atom stereocenters. The van der Waals surface area contributed by atoms with Gasteiger partial charge in [-0.25, -0.2) is 0 Å². The number of piperidine rings is 1. The van der Waals surface area contributed by atoms with Crippen LogP contribution in [0.4, 0.5) is 13.2 Å². The molecule has 0 aromatic heterocycles. The minimum Gasteiger partial charge on any atom is -0.496 e. The Hall–Kier alpha value is -1.90. The van der Waals surface area contributed by atoms with Crippen LogP contribution >= 0.6 is 24.2 Å². The van der Waals surface area contributed by atoms with Gasteiger partial charge in [0.05, 0.1) is 23.8 Å². The highest BCUT2D eigenvalue weighted by atomic mass is 35.5. The van der Waals surface area contributed by atoms with Gasteiger partial charge in [-0.2, -0.15) is 13.2 Å². The zero-order valence-corrected chi connectivity index (χ0v) is 19.2. The highest BCUT2D eigenvalue weighted by Gasteiger charge is 2.39. The molecule has 9 heteroatoms. The number of nitrogens with zero attached hydrogens (tertiary/aromatic N) is 1. The monoisotopic (exact) mass is 474 g/mol. The number of likely N-dealkylation sites (tertiary alicyclic amines) is 1. The number of benzene rings is 2. The summed E-state index contributed by atoms with van der Waals surface area (Å²) in [5.41, 5.74) is -0.368. The first kappa shape index (κ1) is 25.4. The van der Waals surface area contributed by atoms with Crippen LogP contribution in [0.25, 0.3) is 0 Å². The number of carbonyl (C=O) groups is 1. The SMILES string of the molecule is COc1cc(C(F)(F)F)cc(SC)c1C(=O)N[C@@]1(c2ccccc2)CCCN(C)C1.Cl. The Labute approximate surface area is 190 Å². The van der Waals surface area contributed by atoms with Gasteiger partial charge in [0, 0.05) is 11.4 Å². The average molecular weight is 475 g/mol. The Morgan fingerprint density at radius 1 is 1.23 bits per heavy atom. The molecule has 1 saturated heterocycles. The number of alkyl halides is 3. The molecule has 2 aromatic carbocycles. The summed E-state index contributed by atoms with van der Waals surface area (Å²) in [6.45, 7) is 1.53. The lowest BCUT2D eigenvalue weighted by Gasteiger charge is -2.42. The summed E-state index contributed by atoms with van der Waals surface area (Å²) in [5.74, 6) is -0.525. The zero-order chi connectivity index (χ0) is 21.9. The minimum absolute atomic E-state index is 0. The molecule has 3 rings (SSSR count). The van der Waals surface area contributed by atoms with Crippen LogP contribution in [0.2, 0.25) is 0 Å². The number of hydrogen-bond donors (Lipinski definition) is 1. The third-order valence-corrected chi connectivity index (χ3v) is 6.18. The number of amides is 1. The van der Waals surface area contributed by atoms with Gasteiger partial charge in [-0.05, 0) is 50.4 Å². The Kier molecular flexibility index (Phi) is 8.30. The zero-order valence-electron chi connectivity index (χ0n) is 17.6. The fourth-order valence-corrected chi connectivity index (χ4v) is 4.66. The second kappa shape index (κ2) is 10.1. The van der Waals surface area contributed by atoms with E-state index < -0.39 is 23.2 Å². The van der Waals surface area contributed by atoms with Gasteiger partial charge in [0.2, 0.25) is 0 Å². The first-order chi connectivity index (χ1) is 14.2. The maximum Gasteiger partial charge on any atom is 0.416 e. The Morgan fingerprint density at radius 2 is 1.90 bits per heavy atom. The maximum atomic E-state index is 13.4. The highest BCUT2D eigenvalue weighted by Crippen LogP contribution is 2.39. The highest BCUT2D eigenvalue weighted by molar-refractivity contribution is 7.98. The largest absolute Gasteiger partial charge is 0.496 e. The quantitative estimate of drug-likeness (QED) is 0.604. The van der Waals surface area contributed by atoms with Crippen molar-refractivity contribution in [1.82, 2.24) is 10.2 Å². The molecule has 1 amide bonds. The van der Waals surface area contributed by atoms with Gasteiger partial charge in [0.25, 0.3) is 5.91 Å². The van der Waals surface area contributed by atoms with Gasteiger partial charge < -0.3 is 15.0 Å². The van der Waals surface area contributed by atoms with E-state index in [0.717, 1.165) is 48.8 Å². The second-order valence-electron chi connectivity index (χ2n) is 7.50. The molecule has 0 radical (unpaired) electrons. The summed E-state index contributed by atoms with van der Waals surface area (Å²) in [5, 5.41) is 3.15. The van der Waals surface area contributed by atoms with Crippen LogP contribution in [0.1, 0.15) is 34.3 Å². The first-order valence-electron chi connectivity index (χ1n) is 9.60. The van der Waals surface area contributed by atoms with E-state index in [2.05, 4.69) is 10.2 Å². The third kappa shape index (κ3) is 5.48. The van der Waals surface area contributed by atoms with E-state index in [1.807, 2.05) is 37.4 Å². The molecule has 1 aliphatic rings. The lowest BCUT2D eigenvalue weighted by Crippen LogP contribution is -2.55. The molecule has 1 aliphatic heterocycles. The average Bonchev–Trinajstić information content (AvgIpc) is 2.72. The molecular formula is C22H26ClF3N2O2S. The van der Waals surface area contributed by atoms with Crippen molar-refractivity contribution in [2.45, 2.75) is 29.5 Å². The molecule has 1 heterocycles. The maximum absolute atomic E-state index is 13.4. The van der Waals surface area contributed by atoms with Gasteiger partial charge in [-0.3, -0.25) is 4.79 Å². The molecule has 31 heavy (non-hydrogen) atoms. The molecule has 2 aromatic rings. The van der Waals surface area contributed by atoms with Crippen molar-refractivity contribution in [2.75, 3.05) is 33.5 Å². The number of hydrogen-bond acceptors (Lipinski definition) is 4. The third-order valence-electron chi connectivity index (χ3n) is 5.42.